The number of aryl methyl sites for hydroxylation is 2. The zero-order valence-electron chi connectivity index (χ0n) is 11.6. The van der Waals surface area contributed by atoms with Crippen LogP contribution in [0.3, 0.4) is 0 Å². The van der Waals surface area contributed by atoms with Crippen LogP contribution in [-0.4, -0.2) is 21.5 Å². The van der Waals surface area contributed by atoms with E-state index in [0.29, 0.717) is 23.6 Å². The number of benzene rings is 1. The Kier molecular flexibility index (Phi) is 4.78. The van der Waals surface area contributed by atoms with Crippen molar-refractivity contribution in [2.24, 2.45) is 0 Å². The molecule has 20 heavy (non-hydrogen) atoms. The summed E-state index contributed by atoms with van der Waals surface area (Å²) in [5.41, 5.74) is 2.11. The van der Waals surface area contributed by atoms with E-state index in [2.05, 4.69) is 5.10 Å². The first-order chi connectivity index (χ1) is 9.58. The van der Waals surface area contributed by atoms with Crippen LogP contribution in [0.4, 0.5) is 4.39 Å². The van der Waals surface area contributed by atoms with Gasteiger partial charge in [-0.05, 0) is 25.5 Å². The molecule has 2 aromatic rings. The van der Waals surface area contributed by atoms with E-state index in [1.54, 1.807) is 22.9 Å². The van der Waals surface area contributed by atoms with E-state index in [1.807, 2.05) is 13.8 Å². The highest BCUT2D eigenvalue weighted by atomic mass is 35.5. The molecule has 0 amide bonds. The lowest BCUT2D eigenvalue weighted by Gasteiger charge is -2.16. The first-order valence-corrected chi connectivity index (χ1v) is 7.03. The van der Waals surface area contributed by atoms with Gasteiger partial charge in [-0.15, -0.1) is 0 Å². The minimum atomic E-state index is -0.324. The molecular weight excluding hydrogens is 279 g/mol. The summed E-state index contributed by atoms with van der Waals surface area (Å²) in [5.74, 6) is -0.628. The molecule has 1 unspecified atom stereocenters. The Morgan fingerprint density at radius 2 is 2.10 bits per heavy atom. The van der Waals surface area contributed by atoms with Gasteiger partial charge >= 0.3 is 0 Å². The lowest BCUT2D eigenvalue weighted by atomic mass is 9.94. The Morgan fingerprint density at radius 1 is 1.40 bits per heavy atom. The van der Waals surface area contributed by atoms with Crippen LogP contribution in [0.25, 0.3) is 0 Å². The van der Waals surface area contributed by atoms with Crippen molar-refractivity contribution in [3.05, 3.63) is 52.1 Å². The van der Waals surface area contributed by atoms with Crippen LogP contribution in [0.15, 0.2) is 24.3 Å². The van der Waals surface area contributed by atoms with Crippen LogP contribution < -0.4 is 0 Å². The van der Waals surface area contributed by atoms with Crippen LogP contribution in [-0.2, 0) is 13.0 Å². The molecule has 0 spiro atoms. The summed E-state index contributed by atoms with van der Waals surface area (Å²) in [6.45, 7) is 4.38. The van der Waals surface area contributed by atoms with Gasteiger partial charge in [-0.1, -0.05) is 29.8 Å². The summed E-state index contributed by atoms with van der Waals surface area (Å²) in [4.78, 5) is 0. The van der Waals surface area contributed by atoms with Crippen molar-refractivity contribution in [1.29, 1.82) is 0 Å². The highest BCUT2D eigenvalue weighted by Crippen LogP contribution is 2.28. The smallest absolute Gasteiger partial charge is 0.126 e. The fourth-order valence-electron chi connectivity index (χ4n) is 2.38. The maximum Gasteiger partial charge on any atom is 0.126 e. The van der Waals surface area contributed by atoms with Crippen molar-refractivity contribution in [3.63, 3.8) is 0 Å². The molecule has 3 nitrogen and oxygen atoms in total. The molecule has 0 aliphatic rings. The number of rotatable bonds is 5. The predicted octanol–water partition coefficient (Wildman–Crippen LogP) is 3.32. The minimum absolute atomic E-state index is 0.134. The van der Waals surface area contributed by atoms with Crippen LogP contribution in [0.2, 0.25) is 5.02 Å². The molecule has 1 N–H and O–H groups in total. The molecule has 0 aliphatic carbocycles. The topological polar surface area (TPSA) is 38.0 Å². The molecule has 5 heteroatoms. The number of aliphatic hydroxyl groups is 1. The Labute approximate surface area is 123 Å². The zero-order valence-corrected chi connectivity index (χ0v) is 12.4. The second-order valence-electron chi connectivity index (χ2n) is 4.77. The van der Waals surface area contributed by atoms with Crippen molar-refractivity contribution in [3.8, 4) is 0 Å². The van der Waals surface area contributed by atoms with Gasteiger partial charge in [0.05, 0.1) is 23.0 Å². The third kappa shape index (κ3) is 2.86. The largest absolute Gasteiger partial charge is 0.396 e. The van der Waals surface area contributed by atoms with Crippen molar-refractivity contribution < 1.29 is 9.50 Å². The first kappa shape index (κ1) is 15.0. The van der Waals surface area contributed by atoms with Crippen LogP contribution in [0.1, 0.15) is 29.8 Å². The van der Waals surface area contributed by atoms with E-state index in [1.165, 1.54) is 6.07 Å². The second kappa shape index (κ2) is 6.37. The molecule has 0 fully saturated rings. The summed E-state index contributed by atoms with van der Waals surface area (Å²) < 4.78 is 15.7. The van der Waals surface area contributed by atoms with E-state index in [-0.39, 0.29) is 18.3 Å². The average Bonchev–Trinajstić information content (AvgIpc) is 2.73. The Bertz CT molecular complexity index is 598. The van der Waals surface area contributed by atoms with E-state index >= 15 is 0 Å². The Balaban J connectivity index is 2.34. The minimum Gasteiger partial charge on any atom is -0.396 e. The van der Waals surface area contributed by atoms with Gasteiger partial charge in [-0.25, -0.2) is 4.39 Å². The molecule has 2 rings (SSSR count). The monoisotopic (exact) mass is 296 g/mol. The maximum atomic E-state index is 13.9. The van der Waals surface area contributed by atoms with Crippen molar-refractivity contribution >= 4 is 11.6 Å². The first-order valence-electron chi connectivity index (χ1n) is 6.65. The molecular formula is C15H18ClFN2O. The van der Waals surface area contributed by atoms with Gasteiger partial charge in [0.15, 0.2) is 0 Å². The fourth-order valence-corrected chi connectivity index (χ4v) is 2.59. The van der Waals surface area contributed by atoms with Gasteiger partial charge in [0.25, 0.3) is 0 Å². The van der Waals surface area contributed by atoms with Gasteiger partial charge < -0.3 is 5.11 Å². The molecule has 1 aromatic carbocycles. The standard InChI is InChI=1S/C15H18ClFN2O/c1-3-19-14(15(16)10(2)18-19)8-11(9-20)12-6-4-5-7-13(12)17/h4-7,11,20H,3,8-9H2,1-2H3. The fraction of sp³-hybridized carbons (Fsp3) is 0.400. The van der Waals surface area contributed by atoms with E-state index < -0.39 is 0 Å². The van der Waals surface area contributed by atoms with Gasteiger partial charge in [-0.2, -0.15) is 5.10 Å². The van der Waals surface area contributed by atoms with Crippen LogP contribution in [0, 0.1) is 12.7 Å². The van der Waals surface area contributed by atoms with Crippen LogP contribution in [0.5, 0.6) is 0 Å². The normalized spacial score (nSPS) is 12.7. The number of halogens is 2. The molecule has 0 bridgehead atoms. The SMILES string of the molecule is CCn1nc(C)c(Cl)c1CC(CO)c1ccccc1F. The molecule has 0 saturated carbocycles. The summed E-state index contributed by atoms with van der Waals surface area (Å²) in [6.07, 6.45) is 0.463. The van der Waals surface area contributed by atoms with Crippen molar-refractivity contribution in [2.75, 3.05) is 6.61 Å². The quantitative estimate of drug-likeness (QED) is 0.919. The van der Waals surface area contributed by atoms with E-state index in [9.17, 15) is 9.50 Å². The number of aromatic nitrogens is 2. The Hall–Kier alpha value is -1.39. The van der Waals surface area contributed by atoms with Crippen molar-refractivity contribution in [2.45, 2.75) is 32.7 Å². The maximum absolute atomic E-state index is 13.9. The molecule has 0 aliphatic heterocycles. The van der Waals surface area contributed by atoms with Crippen LogP contribution >= 0.6 is 11.6 Å². The molecule has 1 atom stereocenters. The third-order valence-electron chi connectivity index (χ3n) is 3.46. The molecule has 0 radical (unpaired) electrons. The summed E-state index contributed by atoms with van der Waals surface area (Å²) in [5, 5.41) is 14.5. The van der Waals surface area contributed by atoms with Gasteiger partial charge in [0.1, 0.15) is 5.82 Å². The second-order valence-corrected chi connectivity index (χ2v) is 5.14. The van der Waals surface area contributed by atoms with E-state index in [0.717, 1.165) is 11.4 Å². The Morgan fingerprint density at radius 3 is 2.70 bits per heavy atom. The van der Waals surface area contributed by atoms with Gasteiger partial charge in [0.2, 0.25) is 0 Å². The third-order valence-corrected chi connectivity index (χ3v) is 3.95. The highest BCUT2D eigenvalue weighted by molar-refractivity contribution is 6.31. The summed E-state index contributed by atoms with van der Waals surface area (Å²) >= 11 is 6.26. The lowest BCUT2D eigenvalue weighted by molar-refractivity contribution is 0.260. The number of hydrogen-bond acceptors (Lipinski definition) is 2. The number of nitrogens with zero attached hydrogens (tertiary/aromatic N) is 2. The molecule has 108 valence electrons. The van der Waals surface area contributed by atoms with Gasteiger partial charge in [-0.3, -0.25) is 4.68 Å². The average molecular weight is 297 g/mol. The number of hydrogen-bond donors (Lipinski definition) is 1. The lowest BCUT2D eigenvalue weighted by Crippen LogP contribution is -2.13. The zero-order chi connectivity index (χ0) is 14.7. The summed E-state index contributed by atoms with van der Waals surface area (Å²) in [6, 6.07) is 6.51. The summed E-state index contributed by atoms with van der Waals surface area (Å²) in [7, 11) is 0. The van der Waals surface area contributed by atoms with E-state index in [4.69, 9.17) is 11.6 Å². The molecule has 1 aromatic heterocycles. The molecule has 1 heterocycles. The highest BCUT2D eigenvalue weighted by Gasteiger charge is 2.20. The number of aliphatic hydroxyl groups excluding tert-OH is 1. The van der Waals surface area contributed by atoms with Gasteiger partial charge in [0, 0.05) is 18.9 Å². The predicted molar refractivity (Wildman–Crippen MR) is 77.6 cm³/mol. The molecule has 0 saturated heterocycles. The van der Waals surface area contributed by atoms with Crippen molar-refractivity contribution in [1.82, 2.24) is 9.78 Å².